The van der Waals surface area contributed by atoms with Crippen molar-refractivity contribution < 1.29 is 9.59 Å². The topological polar surface area (TPSA) is 101 Å². The number of carbonyl (C=O) groups excluding carboxylic acids is 2. The maximum atomic E-state index is 11.8. The van der Waals surface area contributed by atoms with Crippen molar-refractivity contribution in [1.82, 2.24) is 10.2 Å². The number of H-pyrrole nitrogens is 1. The van der Waals surface area contributed by atoms with Crippen LogP contribution >= 0.6 is 0 Å². The van der Waals surface area contributed by atoms with Gasteiger partial charge in [-0.3, -0.25) is 14.7 Å². The predicted molar refractivity (Wildman–Crippen MR) is 66.2 cm³/mol. The molecule has 1 heterocycles. The monoisotopic (exact) mass is 244 g/mol. The summed E-state index contributed by atoms with van der Waals surface area (Å²) in [4.78, 5) is 23.0. The Balaban J connectivity index is 2.27. The van der Waals surface area contributed by atoms with Gasteiger partial charge < -0.3 is 11.1 Å². The van der Waals surface area contributed by atoms with E-state index in [1.165, 1.54) is 12.4 Å². The largest absolute Gasteiger partial charge is 0.366 e. The molecule has 0 radical (unpaired) electrons. The Morgan fingerprint density at radius 3 is 2.78 bits per heavy atom. The highest BCUT2D eigenvalue weighted by molar-refractivity contribution is 6.05. The van der Waals surface area contributed by atoms with Crippen molar-refractivity contribution >= 4 is 17.5 Å². The number of aromatic nitrogens is 2. The van der Waals surface area contributed by atoms with Crippen LogP contribution in [0.3, 0.4) is 0 Å². The summed E-state index contributed by atoms with van der Waals surface area (Å²) in [5, 5.41) is 8.95. The summed E-state index contributed by atoms with van der Waals surface area (Å²) >= 11 is 0. The van der Waals surface area contributed by atoms with E-state index < -0.39 is 5.91 Å². The van der Waals surface area contributed by atoms with Crippen LogP contribution in [0.1, 0.15) is 26.3 Å². The third kappa shape index (κ3) is 2.22. The minimum absolute atomic E-state index is 0.298. The first-order valence-electron chi connectivity index (χ1n) is 5.29. The molecule has 1 aromatic heterocycles. The number of amides is 2. The number of hydrogen-bond acceptors (Lipinski definition) is 3. The molecule has 18 heavy (non-hydrogen) atoms. The van der Waals surface area contributed by atoms with E-state index in [-0.39, 0.29) is 5.91 Å². The van der Waals surface area contributed by atoms with E-state index in [2.05, 4.69) is 15.5 Å². The molecule has 0 aliphatic carbocycles. The Kier molecular flexibility index (Phi) is 3.09. The van der Waals surface area contributed by atoms with Crippen LogP contribution in [0.5, 0.6) is 0 Å². The van der Waals surface area contributed by atoms with Crippen molar-refractivity contribution in [2.45, 2.75) is 6.92 Å². The number of benzene rings is 1. The fourth-order valence-electron chi connectivity index (χ4n) is 1.61. The van der Waals surface area contributed by atoms with Gasteiger partial charge in [-0.2, -0.15) is 5.10 Å². The van der Waals surface area contributed by atoms with Crippen molar-refractivity contribution in [2.75, 3.05) is 5.32 Å². The minimum Gasteiger partial charge on any atom is -0.366 e. The molecule has 6 heteroatoms. The van der Waals surface area contributed by atoms with Crippen LogP contribution in [-0.4, -0.2) is 22.0 Å². The van der Waals surface area contributed by atoms with Crippen LogP contribution in [-0.2, 0) is 0 Å². The molecule has 4 N–H and O–H groups in total. The third-order valence-electron chi connectivity index (χ3n) is 2.61. The lowest BCUT2D eigenvalue weighted by molar-refractivity contribution is 0.0995. The van der Waals surface area contributed by atoms with Gasteiger partial charge in [0.15, 0.2) is 0 Å². The average molecular weight is 244 g/mol. The summed E-state index contributed by atoms with van der Waals surface area (Å²) in [6.07, 6.45) is 2.91. The SMILES string of the molecule is Cc1c(NC(=O)c2cn[nH]c2)cccc1C(N)=O. The maximum absolute atomic E-state index is 11.8. The van der Waals surface area contributed by atoms with Gasteiger partial charge >= 0.3 is 0 Å². The molecule has 0 bridgehead atoms. The van der Waals surface area contributed by atoms with E-state index in [0.29, 0.717) is 22.4 Å². The van der Waals surface area contributed by atoms with Crippen LogP contribution in [0.15, 0.2) is 30.6 Å². The number of nitrogens with two attached hydrogens (primary N) is 1. The number of hydrogen-bond donors (Lipinski definition) is 3. The number of aromatic amines is 1. The van der Waals surface area contributed by atoms with E-state index >= 15 is 0 Å². The molecule has 1 aromatic carbocycles. The lowest BCUT2D eigenvalue weighted by atomic mass is 10.1. The quantitative estimate of drug-likeness (QED) is 0.752. The first kappa shape index (κ1) is 11.8. The van der Waals surface area contributed by atoms with Crippen molar-refractivity contribution in [1.29, 1.82) is 0 Å². The molecule has 2 amide bonds. The molecular formula is C12H12N4O2. The Morgan fingerprint density at radius 2 is 2.17 bits per heavy atom. The van der Waals surface area contributed by atoms with E-state index in [9.17, 15) is 9.59 Å². The fraction of sp³-hybridized carbons (Fsp3) is 0.0833. The van der Waals surface area contributed by atoms with Gasteiger partial charge in [-0.1, -0.05) is 6.07 Å². The molecule has 0 spiro atoms. The first-order valence-corrected chi connectivity index (χ1v) is 5.29. The van der Waals surface area contributed by atoms with Crippen LogP contribution in [0.2, 0.25) is 0 Å². The number of rotatable bonds is 3. The van der Waals surface area contributed by atoms with Gasteiger partial charge in [-0.25, -0.2) is 0 Å². The predicted octanol–water partition coefficient (Wildman–Crippen LogP) is 1.07. The molecule has 0 saturated heterocycles. The van der Waals surface area contributed by atoms with Crippen molar-refractivity contribution in [3.63, 3.8) is 0 Å². The number of carbonyl (C=O) groups is 2. The number of nitrogens with one attached hydrogen (secondary N) is 2. The molecule has 0 unspecified atom stereocenters. The van der Waals surface area contributed by atoms with Crippen LogP contribution < -0.4 is 11.1 Å². The minimum atomic E-state index is -0.521. The van der Waals surface area contributed by atoms with Crippen LogP contribution in [0, 0.1) is 6.92 Å². The Morgan fingerprint density at radius 1 is 1.39 bits per heavy atom. The summed E-state index contributed by atoms with van der Waals surface area (Å²) < 4.78 is 0. The summed E-state index contributed by atoms with van der Waals surface area (Å²) in [6, 6.07) is 4.99. The van der Waals surface area contributed by atoms with Gasteiger partial charge in [0.2, 0.25) is 5.91 Å². The smallest absolute Gasteiger partial charge is 0.258 e. The standard InChI is InChI=1S/C12H12N4O2/c1-7-9(11(13)17)3-2-4-10(7)16-12(18)8-5-14-15-6-8/h2-6H,1H3,(H2,13,17)(H,14,15)(H,16,18). The van der Waals surface area contributed by atoms with Gasteiger partial charge in [0, 0.05) is 17.4 Å². The Bertz CT molecular complexity index is 590. The van der Waals surface area contributed by atoms with E-state index in [1.54, 1.807) is 25.1 Å². The molecule has 0 aliphatic rings. The van der Waals surface area contributed by atoms with Gasteiger partial charge in [0.1, 0.15) is 0 Å². The molecule has 0 atom stereocenters. The van der Waals surface area contributed by atoms with Crippen molar-refractivity contribution in [2.24, 2.45) is 5.73 Å². The summed E-state index contributed by atoms with van der Waals surface area (Å²) in [5.41, 5.74) is 7.24. The number of primary amides is 1. The summed E-state index contributed by atoms with van der Waals surface area (Å²) in [5.74, 6) is -0.819. The molecule has 0 aliphatic heterocycles. The summed E-state index contributed by atoms with van der Waals surface area (Å²) in [7, 11) is 0. The van der Waals surface area contributed by atoms with Gasteiger partial charge in [-0.05, 0) is 24.6 Å². The van der Waals surface area contributed by atoms with E-state index in [4.69, 9.17) is 5.73 Å². The second-order valence-corrected chi connectivity index (χ2v) is 3.78. The Labute approximate surface area is 103 Å². The molecular weight excluding hydrogens is 232 g/mol. The van der Waals surface area contributed by atoms with Crippen LogP contribution in [0.25, 0.3) is 0 Å². The first-order chi connectivity index (χ1) is 8.59. The zero-order chi connectivity index (χ0) is 13.1. The molecule has 0 fully saturated rings. The zero-order valence-electron chi connectivity index (χ0n) is 9.73. The Hall–Kier alpha value is -2.63. The zero-order valence-corrected chi connectivity index (χ0v) is 9.73. The lowest BCUT2D eigenvalue weighted by Crippen LogP contribution is -2.16. The average Bonchev–Trinajstić information content (AvgIpc) is 2.85. The van der Waals surface area contributed by atoms with Crippen LogP contribution in [0.4, 0.5) is 5.69 Å². The second-order valence-electron chi connectivity index (χ2n) is 3.78. The highest BCUT2D eigenvalue weighted by Gasteiger charge is 2.12. The van der Waals surface area contributed by atoms with E-state index in [0.717, 1.165) is 0 Å². The van der Waals surface area contributed by atoms with E-state index in [1.807, 2.05) is 0 Å². The number of nitrogens with zero attached hydrogens (tertiary/aromatic N) is 1. The maximum Gasteiger partial charge on any atom is 0.258 e. The normalized spacial score (nSPS) is 10.1. The molecule has 6 nitrogen and oxygen atoms in total. The number of anilines is 1. The fourth-order valence-corrected chi connectivity index (χ4v) is 1.61. The highest BCUT2D eigenvalue weighted by Crippen LogP contribution is 2.19. The lowest BCUT2D eigenvalue weighted by Gasteiger charge is -2.09. The molecule has 0 saturated carbocycles. The van der Waals surface area contributed by atoms with Gasteiger partial charge in [0.25, 0.3) is 5.91 Å². The van der Waals surface area contributed by atoms with Gasteiger partial charge in [0.05, 0.1) is 11.8 Å². The molecule has 92 valence electrons. The summed E-state index contributed by atoms with van der Waals surface area (Å²) in [6.45, 7) is 1.73. The van der Waals surface area contributed by atoms with Crippen molar-refractivity contribution in [3.05, 3.63) is 47.3 Å². The molecule has 2 aromatic rings. The van der Waals surface area contributed by atoms with Crippen molar-refractivity contribution in [3.8, 4) is 0 Å². The van der Waals surface area contributed by atoms with Gasteiger partial charge in [-0.15, -0.1) is 0 Å². The molecule has 2 rings (SSSR count). The highest BCUT2D eigenvalue weighted by atomic mass is 16.2. The third-order valence-corrected chi connectivity index (χ3v) is 2.61. The second kappa shape index (κ2) is 4.70.